The predicted octanol–water partition coefficient (Wildman–Crippen LogP) is 3.88. The molecule has 0 N–H and O–H groups in total. The van der Waals surface area contributed by atoms with Crippen LogP contribution in [0, 0.1) is 0 Å². The Morgan fingerprint density at radius 3 is 2.38 bits per heavy atom. The molecule has 2 aromatic heterocycles. The van der Waals surface area contributed by atoms with Gasteiger partial charge < -0.3 is 4.90 Å². The molecule has 0 amide bonds. The first kappa shape index (κ1) is 22.6. The van der Waals surface area contributed by atoms with Gasteiger partial charge in [0.2, 0.25) is 15.9 Å². The molecule has 3 aromatic rings. The molecule has 1 aliphatic rings. The highest BCUT2D eigenvalue weighted by Crippen LogP contribution is 2.33. The summed E-state index contributed by atoms with van der Waals surface area (Å²) < 4.78 is 68.1. The molecule has 0 saturated carbocycles. The largest absolute Gasteiger partial charge is 0.416 e. The van der Waals surface area contributed by atoms with Crippen molar-refractivity contribution in [2.24, 2.45) is 0 Å². The second-order valence-corrected chi connectivity index (χ2v) is 9.68. The van der Waals surface area contributed by atoms with Crippen LogP contribution in [0.15, 0.2) is 47.5 Å². The summed E-state index contributed by atoms with van der Waals surface area (Å²) in [6.07, 6.45) is -2.99. The van der Waals surface area contributed by atoms with E-state index in [1.165, 1.54) is 27.9 Å². The maximum absolute atomic E-state index is 13.1. The third-order valence-electron chi connectivity index (χ3n) is 5.31. The maximum Gasteiger partial charge on any atom is 0.416 e. The molecule has 1 aromatic carbocycles. The summed E-state index contributed by atoms with van der Waals surface area (Å²) >= 11 is 5.76. The van der Waals surface area contributed by atoms with Crippen LogP contribution in [0.4, 0.5) is 19.0 Å². The van der Waals surface area contributed by atoms with Gasteiger partial charge >= 0.3 is 6.18 Å². The van der Waals surface area contributed by atoms with Crippen molar-refractivity contribution in [1.29, 1.82) is 0 Å². The van der Waals surface area contributed by atoms with Crippen molar-refractivity contribution in [2.75, 3.05) is 31.1 Å². The molecule has 1 aliphatic heterocycles. The molecule has 1 fully saturated rings. The van der Waals surface area contributed by atoms with Gasteiger partial charge in [-0.25, -0.2) is 13.4 Å². The Labute approximate surface area is 187 Å². The number of rotatable bonds is 3. The first-order valence-corrected chi connectivity index (χ1v) is 11.4. The van der Waals surface area contributed by atoms with E-state index in [0.717, 1.165) is 17.5 Å². The lowest BCUT2D eigenvalue weighted by molar-refractivity contribution is -0.137. The maximum atomic E-state index is 13.1. The number of sulfonamides is 1. The zero-order valence-electron chi connectivity index (χ0n) is 16.8. The van der Waals surface area contributed by atoms with Gasteiger partial charge in [0, 0.05) is 44.7 Å². The van der Waals surface area contributed by atoms with Gasteiger partial charge in [0.15, 0.2) is 0 Å². The third-order valence-corrected chi connectivity index (χ3v) is 7.40. The van der Waals surface area contributed by atoms with E-state index in [4.69, 9.17) is 11.6 Å². The van der Waals surface area contributed by atoms with E-state index < -0.39 is 21.8 Å². The second kappa shape index (κ2) is 8.05. The Kier molecular flexibility index (Phi) is 5.68. The number of piperazine rings is 1. The molecular formula is C20H18ClF3N4O3S. The first-order chi connectivity index (χ1) is 15.0. The van der Waals surface area contributed by atoms with E-state index in [-0.39, 0.29) is 48.0 Å². The van der Waals surface area contributed by atoms with Crippen LogP contribution >= 0.6 is 11.6 Å². The van der Waals surface area contributed by atoms with Crippen LogP contribution in [0.2, 0.25) is 5.15 Å². The number of carbonyl (C=O) groups excluding carboxylic acids is 1. The van der Waals surface area contributed by atoms with Crippen LogP contribution in [-0.4, -0.2) is 54.4 Å². The predicted molar refractivity (Wildman–Crippen MR) is 113 cm³/mol. The fraction of sp³-hybridized carbons (Fsp3) is 0.300. The molecule has 1 saturated heterocycles. The minimum absolute atomic E-state index is 0.0416. The van der Waals surface area contributed by atoms with Gasteiger partial charge in [-0.15, -0.1) is 0 Å². The minimum atomic E-state index is -4.57. The van der Waals surface area contributed by atoms with E-state index in [9.17, 15) is 26.4 Å². The Bertz CT molecular complexity index is 1300. The molecule has 0 atom stereocenters. The Morgan fingerprint density at radius 1 is 1.06 bits per heavy atom. The zero-order chi connectivity index (χ0) is 23.3. The monoisotopic (exact) mass is 486 g/mol. The van der Waals surface area contributed by atoms with Crippen LogP contribution < -0.4 is 4.90 Å². The fourth-order valence-corrected chi connectivity index (χ4v) is 5.31. The van der Waals surface area contributed by atoms with Gasteiger partial charge in [-0.1, -0.05) is 17.7 Å². The number of halogens is 4. The second-order valence-electron chi connectivity index (χ2n) is 7.35. The lowest BCUT2D eigenvalue weighted by Gasteiger charge is -2.35. The van der Waals surface area contributed by atoms with Crippen molar-refractivity contribution in [3.05, 3.63) is 53.3 Å². The van der Waals surface area contributed by atoms with E-state index in [1.54, 1.807) is 23.2 Å². The Hall–Kier alpha value is -2.63. The van der Waals surface area contributed by atoms with Crippen LogP contribution in [0.5, 0.6) is 0 Å². The third kappa shape index (κ3) is 4.19. The summed E-state index contributed by atoms with van der Waals surface area (Å²) in [5.41, 5.74) is -0.427. The van der Waals surface area contributed by atoms with E-state index in [0.29, 0.717) is 5.52 Å². The number of fused-ring (bicyclic) bond motifs is 1. The Balaban J connectivity index is 1.55. The molecule has 170 valence electrons. The quantitative estimate of drug-likeness (QED) is 0.525. The Morgan fingerprint density at radius 2 is 1.75 bits per heavy atom. The number of alkyl halides is 3. The summed E-state index contributed by atoms with van der Waals surface area (Å²) in [5.74, 6) is -0.196. The molecule has 0 aliphatic carbocycles. The molecule has 0 bridgehead atoms. The van der Waals surface area contributed by atoms with Gasteiger partial charge in [-0.05, 0) is 30.3 Å². The standard InChI is InChI=1S/C20H18ClF3N4O3S/c1-13(29)28-5-4-14-2-3-16(12-17(14)28)32(30,31)27-8-6-26(7-9-27)19-11-15(20(22,23)24)10-18(21)25-19/h2-5,10-12H,6-9H2,1H3. The lowest BCUT2D eigenvalue weighted by Crippen LogP contribution is -2.49. The van der Waals surface area contributed by atoms with Crippen molar-refractivity contribution in [3.8, 4) is 0 Å². The number of benzene rings is 1. The number of anilines is 1. The average molecular weight is 487 g/mol. The van der Waals surface area contributed by atoms with Crippen molar-refractivity contribution in [1.82, 2.24) is 13.9 Å². The normalized spacial score (nSPS) is 16.0. The molecule has 7 nitrogen and oxygen atoms in total. The van der Waals surface area contributed by atoms with Crippen LogP contribution in [0.25, 0.3) is 10.9 Å². The summed E-state index contributed by atoms with van der Waals surface area (Å²) in [7, 11) is -3.86. The molecule has 3 heterocycles. The van der Waals surface area contributed by atoms with Crippen molar-refractivity contribution >= 4 is 44.3 Å². The van der Waals surface area contributed by atoms with Crippen molar-refractivity contribution < 1.29 is 26.4 Å². The number of nitrogens with zero attached hydrogens (tertiary/aromatic N) is 4. The SMILES string of the molecule is CC(=O)n1ccc2ccc(S(=O)(=O)N3CCN(c4cc(C(F)(F)F)cc(Cl)n4)CC3)cc21. The number of carbonyl (C=O) groups is 1. The molecule has 0 unspecified atom stereocenters. The summed E-state index contributed by atoms with van der Waals surface area (Å²) in [5, 5.41) is 0.447. The molecular weight excluding hydrogens is 469 g/mol. The molecule has 0 spiro atoms. The zero-order valence-corrected chi connectivity index (χ0v) is 18.4. The average Bonchev–Trinajstić information content (AvgIpc) is 3.16. The summed E-state index contributed by atoms with van der Waals surface area (Å²) in [4.78, 5) is 17.3. The smallest absolute Gasteiger partial charge is 0.354 e. The molecule has 4 rings (SSSR count). The fourth-order valence-electron chi connectivity index (χ4n) is 3.66. The van der Waals surface area contributed by atoms with Crippen LogP contribution in [0.1, 0.15) is 17.3 Å². The molecule has 32 heavy (non-hydrogen) atoms. The van der Waals surface area contributed by atoms with Gasteiger partial charge in [-0.2, -0.15) is 17.5 Å². The topological polar surface area (TPSA) is 75.5 Å². The van der Waals surface area contributed by atoms with Gasteiger partial charge in [-0.3, -0.25) is 9.36 Å². The number of hydrogen-bond donors (Lipinski definition) is 0. The van der Waals surface area contributed by atoms with Gasteiger partial charge in [0.1, 0.15) is 11.0 Å². The highest BCUT2D eigenvalue weighted by Gasteiger charge is 2.33. The number of pyridine rings is 1. The van der Waals surface area contributed by atoms with Gasteiger partial charge in [0.05, 0.1) is 16.0 Å². The van der Waals surface area contributed by atoms with E-state index in [1.807, 2.05) is 0 Å². The summed E-state index contributed by atoms with van der Waals surface area (Å²) in [6.45, 7) is 1.80. The summed E-state index contributed by atoms with van der Waals surface area (Å²) in [6, 6.07) is 7.93. The number of hydrogen-bond acceptors (Lipinski definition) is 5. The lowest BCUT2D eigenvalue weighted by atomic mass is 10.2. The van der Waals surface area contributed by atoms with Crippen LogP contribution in [-0.2, 0) is 16.2 Å². The highest BCUT2D eigenvalue weighted by atomic mass is 35.5. The van der Waals surface area contributed by atoms with E-state index >= 15 is 0 Å². The molecule has 0 radical (unpaired) electrons. The van der Waals surface area contributed by atoms with Crippen molar-refractivity contribution in [2.45, 2.75) is 18.0 Å². The van der Waals surface area contributed by atoms with Crippen molar-refractivity contribution in [3.63, 3.8) is 0 Å². The van der Waals surface area contributed by atoms with E-state index in [2.05, 4.69) is 4.98 Å². The molecule has 12 heteroatoms. The minimum Gasteiger partial charge on any atom is -0.354 e. The van der Waals surface area contributed by atoms with Gasteiger partial charge in [0.25, 0.3) is 0 Å². The first-order valence-electron chi connectivity index (χ1n) is 9.59. The number of aromatic nitrogens is 2. The highest BCUT2D eigenvalue weighted by molar-refractivity contribution is 7.89. The van der Waals surface area contributed by atoms with Crippen LogP contribution in [0.3, 0.4) is 0 Å².